The predicted molar refractivity (Wildman–Crippen MR) is 110 cm³/mol. The lowest BCUT2D eigenvalue weighted by Crippen LogP contribution is -2.25. The Balaban J connectivity index is 4.03. The molecule has 0 aliphatic heterocycles. The van der Waals surface area contributed by atoms with Crippen molar-refractivity contribution >= 4 is 11.9 Å². The third kappa shape index (κ3) is 18.2. The predicted octanol–water partition coefficient (Wildman–Crippen LogP) is 4.42. The highest BCUT2D eigenvalue weighted by atomic mass is 16.6. The zero-order valence-corrected chi connectivity index (χ0v) is 18.1. The fourth-order valence-corrected chi connectivity index (χ4v) is 2.77. The Morgan fingerprint density at radius 2 is 1.18 bits per heavy atom. The first-order valence-corrected chi connectivity index (χ1v) is 11.1. The molecule has 0 bridgehead atoms. The highest BCUT2D eigenvalue weighted by Gasteiger charge is 2.15. The number of unbranched alkanes of at least 4 members (excludes halogenated alkanes) is 8. The molecule has 0 atom stereocenters. The molecule has 0 radical (unpaired) electrons. The first-order valence-electron chi connectivity index (χ1n) is 11.1. The van der Waals surface area contributed by atoms with Crippen molar-refractivity contribution in [3.8, 4) is 0 Å². The lowest BCUT2D eigenvalue weighted by Gasteiger charge is -2.17. The Morgan fingerprint density at radius 1 is 0.714 bits per heavy atom. The van der Waals surface area contributed by atoms with Crippen LogP contribution in [0, 0.1) is 5.92 Å². The number of carbonyl (C=O) groups is 2. The van der Waals surface area contributed by atoms with Gasteiger partial charge in [-0.15, -0.1) is 0 Å². The number of ether oxygens (including phenoxy) is 3. The van der Waals surface area contributed by atoms with Gasteiger partial charge in [0, 0.05) is 12.8 Å². The van der Waals surface area contributed by atoms with Crippen LogP contribution in [-0.2, 0) is 23.8 Å². The van der Waals surface area contributed by atoms with Gasteiger partial charge in [-0.3, -0.25) is 9.59 Å². The van der Waals surface area contributed by atoms with Gasteiger partial charge in [0.05, 0.1) is 39.0 Å². The third-order valence-electron chi connectivity index (χ3n) is 4.52. The molecule has 0 amide bonds. The van der Waals surface area contributed by atoms with E-state index in [0.29, 0.717) is 12.8 Å². The second kappa shape index (κ2) is 20.6. The summed E-state index contributed by atoms with van der Waals surface area (Å²) in [6.07, 6.45) is 11.7. The molecule has 0 unspecified atom stereocenters. The topological polar surface area (TPSA) is 82.1 Å². The largest absolute Gasteiger partial charge is 0.465 e. The average molecular weight is 403 g/mol. The maximum atomic E-state index is 11.9. The van der Waals surface area contributed by atoms with Crippen LogP contribution in [0.3, 0.4) is 0 Å². The van der Waals surface area contributed by atoms with E-state index >= 15 is 0 Å². The number of hydrogen-bond acceptors (Lipinski definition) is 6. The van der Waals surface area contributed by atoms with Crippen molar-refractivity contribution in [1.29, 1.82) is 0 Å². The second-order valence-corrected chi connectivity index (χ2v) is 7.36. The molecule has 6 heteroatoms. The van der Waals surface area contributed by atoms with E-state index in [2.05, 4.69) is 13.8 Å². The minimum absolute atomic E-state index is 0.0676. The van der Waals surface area contributed by atoms with E-state index < -0.39 is 0 Å². The van der Waals surface area contributed by atoms with Crippen LogP contribution in [0.1, 0.15) is 90.9 Å². The Hall–Kier alpha value is -1.14. The standard InChI is InChI=1S/C22H42O6/c1-3-5-7-9-11-13-21(24)27-18-20(17-26-16-15-23)19-28-22(25)14-12-10-8-6-4-2/h20,23H,3-19H2,1-2H3. The molecule has 0 fully saturated rings. The lowest BCUT2D eigenvalue weighted by atomic mass is 10.1. The summed E-state index contributed by atoms with van der Waals surface area (Å²) in [4.78, 5) is 23.7. The van der Waals surface area contributed by atoms with E-state index in [9.17, 15) is 9.59 Å². The van der Waals surface area contributed by atoms with Crippen LogP contribution in [0.15, 0.2) is 0 Å². The van der Waals surface area contributed by atoms with Crippen LogP contribution in [0.2, 0.25) is 0 Å². The van der Waals surface area contributed by atoms with Gasteiger partial charge in [-0.25, -0.2) is 0 Å². The summed E-state index contributed by atoms with van der Waals surface area (Å²) in [6.45, 7) is 5.09. The highest BCUT2D eigenvalue weighted by Crippen LogP contribution is 2.09. The van der Waals surface area contributed by atoms with E-state index in [1.807, 2.05) is 0 Å². The minimum atomic E-state index is -0.217. The van der Waals surface area contributed by atoms with E-state index in [-0.39, 0.29) is 50.9 Å². The Labute approximate surface area is 171 Å². The molecule has 0 heterocycles. The molecule has 0 aliphatic carbocycles. The van der Waals surface area contributed by atoms with Crippen LogP contribution in [0.5, 0.6) is 0 Å². The highest BCUT2D eigenvalue weighted by molar-refractivity contribution is 5.69. The Bertz CT molecular complexity index is 342. The van der Waals surface area contributed by atoms with Gasteiger partial charge < -0.3 is 19.3 Å². The van der Waals surface area contributed by atoms with Crippen molar-refractivity contribution in [2.45, 2.75) is 90.9 Å². The van der Waals surface area contributed by atoms with Gasteiger partial charge in [0.2, 0.25) is 0 Å². The molecule has 0 aromatic carbocycles. The molecule has 166 valence electrons. The number of aliphatic hydroxyl groups is 1. The molecular weight excluding hydrogens is 360 g/mol. The van der Waals surface area contributed by atoms with E-state index in [1.165, 1.54) is 25.7 Å². The van der Waals surface area contributed by atoms with Gasteiger partial charge in [-0.2, -0.15) is 0 Å². The molecule has 1 N–H and O–H groups in total. The SMILES string of the molecule is CCCCCCCC(=O)OCC(COCCO)COC(=O)CCCCCCC. The molecular formula is C22H42O6. The maximum Gasteiger partial charge on any atom is 0.305 e. The van der Waals surface area contributed by atoms with Crippen molar-refractivity contribution in [2.24, 2.45) is 5.92 Å². The number of aliphatic hydroxyl groups excluding tert-OH is 1. The van der Waals surface area contributed by atoms with Crippen LogP contribution in [-0.4, -0.2) is 50.1 Å². The monoisotopic (exact) mass is 402 g/mol. The Morgan fingerprint density at radius 3 is 1.61 bits per heavy atom. The van der Waals surface area contributed by atoms with Gasteiger partial charge in [-0.1, -0.05) is 65.2 Å². The van der Waals surface area contributed by atoms with Gasteiger partial charge >= 0.3 is 11.9 Å². The summed E-state index contributed by atoms with van der Waals surface area (Å²) in [5, 5.41) is 8.84. The molecule has 0 aromatic heterocycles. The number of carbonyl (C=O) groups excluding carboxylic acids is 2. The minimum Gasteiger partial charge on any atom is -0.465 e. The van der Waals surface area contributed by atoms with Gasteiger partial charge in [-0.05, 0) is 12.8 Å². The molecule has 0 rings (SSSR count). The van der Waals surface area contributed by atoms with E-state index in [0.717, 1.165) is 38.5 Å². The summed E-state index contributed by atoms with van der Waals surface area (Å²) in [7, 11) is 0. The van der Waals surface area contributed by atoms with Crippen LogP contribution >= 0.6 is 0 Å². The molecule has 28 heavy (non-hydrogen) atoms. The molecule has 0 saturated heterocycles. The zero-order chi connectivity index (χ0) is 20.9. The smallest absolute Gasteiger partial charge is 0.305 e. The summed E-state index contributed by atoms with van der Waals surface area (Å²) >= 11 is 0. The van der Waals surface area contributed by atoms with Crippen LogP contribution in [0.25, 0.3) is 0 Å². The maximum absolute atomic E-state index is 11.9. The molecule has 6 nitrogen and oxygen atoms in total. The number of esters is 2. The second-order valence-electron chi connectivity index (χ2n) is 7.36. The summed E-state index contributed by atoms with van der Waals surface area (Å²) < 4.78 is 16.0. The van der Waals surface area contributed by atoms with Crippen LogP contribution < -0.4 is 0 Å². The normalized spacial score (nSPS) is 11.0. The number of hydrogen-bond donors (Lipinski definition) is 1. The van der Waals surface area contributed by atoms with E-state index in [4.69, 9.17) is 19.3 Å². The number of rotatable bonds is 20. The van der Waals surface area contributed by atoms with Crippen molar-refractivity contribution in [2.75, 3.05) is 33.0 Å². The van der Waals surface area contributed by atoms with Crippen molar-refractivity contribution in [3.63, 3.8) is 0 Å². The molecule has 0 spiro atoms. The first-order chi connectivity index (χ1) is 13.6. The van der Waals surface area contributed by atoms with Gasteiger partial charge in [0.25, 0.3) is 0 Å². The Kier molecular flexibility index (Phi) is 19.8. The van der Waals surface area contributed by atoms with Gasteiger partial charge in [0.1, 0.15) is 0 Å². The third-order valence-corrected chi connectivity index (χ3v) is 4.52. The summed E-state index contributed by atoms with van der Waals surface area (Å²) in [5.74, 6) is -0.642. The molecule has 0 aliphatic rings. The fourth-order valence-electron chi connectivity index (χ4n) is 2.77. The summed E-state index contributed by atoms with van der Waals surface area (Å²) in [6, 6.07) is 0. The van der Waals surface area contributed by atoms with Crippen molar-refractivity contribution in [1.82, 2.24) is 0 Å². The quantitative estimate of drug-likeness (QED) is 0.240. The molecule has 0 aromatic rings. The fraction of sp³-hybridized carbons (Fsp3) is 0.909. The first kappa shape index (κ1) is 26.9. The lowest BCUT2D eigenvalue weighted by molar-refractivity contribution is -0.150. The van der Waals surface area contributed by atoms with Crippen molar-refractivity contribution < 1.29 is 28.9 Å². The average Bonchev–Trinajstić information content (AvgIpc) is 2.69. The van der Waals surface area contributed by atoms with Gasteiger partial charge in [0.15, 0.2) is 0 Å². The molecule has 0 saturated carbocycles. The van der Waals surface area contributed by atoms with E-state index in [1.54, 1.807) is 0 Å². The summed E-state index contributed by atoms with van der Waals surface area (Å²) in [5.41, 5.74) is 0. The van der Waals surface area contributed by atoms with Crippen molar-refractivity contribution in [3.05, 3.63) is 0 Å². The van der Waals surface area contributed by atoms with Crippen LogP contribution in [0.4, 0.5) is 0 Å². The zero-order valence-electron chi connectivity index (χ0n) is 18.1.